The molecule has 1 aromatic rings. The van der Waals surface area contributed by atoms with E-state index in [9.17, 15) is 4.79 Å². The third-order valence-electron chi connectivity index (χ3n) is 3.92. The molecule has 1 saturated heterocycles. The van der Waals surface area contributed by atoms with Crippen LogP contribution < -0.4 is 11.1 Å². The number of anilines is 2. The fourth-order valence-electron chi connectivity index (χ4n) is 2.58. The molecule has 20 heavy (non-hydrogen) atoms. The minimum atomic E-state index is -0.0348. The average Bonchev–Trinajstić information content (AvgIpc) is 2.43. The minimum Gasteiger partial charge on any atom is -0.399 e. The summed E-state index contributed by atoms with van der Waals surface area (Å²) in [5.41, 5.74) is 6.87. The van der Waals surface area contributed by atoms with Crippen molar-refractivity contribution in [1.29, 1.82) is 0 Å². The molecule has 2 rings (SSSR count). The van der Waals surface area contributed by atoms with Gasteiger partial charge in [0, 0.05) is 5.69 Å². The summed E-state index contributed by atoms with van der Waals surface area (Å²) in [5.74, 6) is 0.783. The molecule has 0 radical (unpaired) electrons. The number of hydrogen-bond acceptors (Lipinski definition) is 3. The van der Waals surface area contributed by atoms with Gasteiger partial charge >= 0.3 is 0 Å². The van der Waals surface area contributed by atoms with Gasteiger partial charge in [0.2, 0.25) is 5.91 Å². The second kappa shape index (κ2) is 6.95. The number of piperidine rings is 1. The lowest BCUT2D eigenvalue weighted by Crippen LogP contribution is -2.39. The minimum absolute atomic E-state index is 0.0348. The number of nitrogens with one attached hydrogen (secondary N) is 1. The first-order valence-corrected chi connectivity index (χ1v) is 7.53. The van der Waals surface area contributed by atoms with Crippen LogP contribution in [0, 0.1) is 5.92 Å². The Kier molecular flexibility index (Phi) is 5.26. The molecule has 1 aromatic carbocycles. The van der Waals surface area contributed by atoms with Crippen LogP contribution in [0.4, 0.5) is 11.4 Å². The molecule has 5 heteroatoms. The lowest BCUT2D eigenvalue weighted by atomic mass is 9.94. The molecule has 1 aliphatic heterocycles. The van der Waals surface area contributed by atoms with Gasteiger partial charge in [-0.3, -0.25) is 9.69 Å². The van der Waals surface area contributed by atoms with Gasteiger partial charge in [-0.1, -0.05) is 24.9 Å². The summed E-state index contributed by atoms with van der Waals surface area (Å²) in [6, 6.07) is 5.09. The van der Waals surface area contributed by atoms with Gasteiger partial charge in [0.15, 0.2) is 0 Å². The van der Waals surface area contributed by atoms with Crippen molar-refractivity contribution in [3.63, 3.8) is 0 Å². The smallest absolute Gasteiger partial charge is 0.238 e. The Bertz CT molecular complexity index is 470. The Morgan fingerprint density at radius 1 is 1.45 bits per heavy atom. The highest BCUT2D eigenvalue weighted by Crippen LogP contribution is 2.24. The van der Waals surface area contributed by atoms with E-state index in [4.69, 9.17) is 17.3 Å². The average molecular weight is 296 g/mol. The Hall–Kier alpha value is -1.26. The van der Waals surface area contributed by atoms with Crippen LogP contribution in [0.2, 0.25) is 5.02 Å². The van der Waals surface area contributed by atoms with E-state index < -0.39 is 0 Å². The van der Waals surface area contributed by atoms with Crippen LogP contribution in [0.3, 0.4) is 0 Å². The fourth-order valence-corrected chi connectivity index (χ4v) is 2.75. The Labute approximate surface area is 125 Å². The summed E-state index contributed by atoms with van der Waals surface area (Å²) in [6.45, 7) is 4.64. The lowest BCUT2D eigenvalue weighted by molar-refractivity contribution is -0.117. The molecular formula is C15H22ClN3O. The number of carbonyl (C=O) groups excluding carboxylic acids is 1. The number of rotatable bonds is 4. The number of likely N-dealkylation sites (tertiary alicyclic amines) is 1. The van der Waals surface area contributed by atoms with Gasteiger partial charge in [0.1, 0.15) is 0 Å². The molecule has 0 aliphatic carbocycles. The molecule has 1 fully saturated rings. The maximum absolute atomic E-state index is 12.0. The van der Waals surface area contributed by atoms with E-state index in [0.717, 1.165) is 19.0 Å². The van der Waals surface area contributed by atoms with Crippen molar-refractivity contribution >= 4 is 28.9 Å². The molecule has 0 unspecified atom stereocenters. The summed E-state index contributed by atoms with van der Waals surface area (Å²) in [4.78, 5) is 14.2. The van der Waals surface area contributed by atoms with Crippen LogP contribution in [0.25, 0.3) is 0 Å². The second-order valence-electron chi connectivity index (χ2n) is 5.42. The zero-order valence-electron chi connectivity index (χ0n) is 11.9. The van der Waals surface area contributed by atoms with E-state index in [1.165, 1.54) is 19.3 Å². The van der Waals surface area contributed by atoms with Gasteiger partial charge in [0.25, 0.3) is 0 Å². The fraction of sp³-hybridized carbons (Fsp3) is 0.533. The summed E-state index contributed by atoms with van der Waals surface area (Å²) in [7, 11) is 0. The number of halogens is 1. The Morgan fingerprint density at radius 2 is 2.15 bits per heavy atom. The molecule has 3 N–H and O–H groups in total. The molecule has 1 aliphatic rings. The van der Waals surface area contributed by atoms with Crippen LogP contribution in [-0.4, -0.2) is 30.4 Å². The van der Waals surface area contributed by atoms with Crippen LogP contribution in [0.1, 0.15) is 26.2 Å². The summed E-state index contributed by atoms with van der Waals surface area (Å²) in [5, 5.41) is 3.34. The SMILES string of the molecule is CCC1CCN(CC(=O)Nc2cc(N)ccc2Cl)CC1. The highest BCUT2D eigenvalue weighted by molar-refractivity contribution is 6.33. The number of nitrogens with zero attached hydrogens (tertiary/aromatic N) is 1. The molecule has 0 aromatic heterocycles. The predicted molar refractivity (Wildman–Crippen MR) is 83.9 cm³/mol. The van der Waals surface area contributed by atoms with Gasteiger partial charge in [0.05, 0.1) is 17.3 Å². The monoisotopic (exact) mass is 295 g/mol. The van der Waals surface area contributed by atoms with Crippen LogP contribution in [0.5, 0.6) is 0 Å². The topological polar surface area (TPSA) is 58.4 Å². The highest BCUT2D eigenvalue weighted by Gasteiger charge is 2.19. The number of hydrogen-bond donors (Lipinski definition) is 2. The van der Waals surface area contributed by atoms with Crippen molar-refractivity contribution in [2.45, 2.75) is 26.2 Å². The third kappa shape index (κ3) is 4.12. The normalized spacial score (nSPS) is 17.1. The molecule has 4 nitrogen and oxygen atoms in total. The first-order chi connectivity index (χ1) is 9.58. The van der Waals surface area contributed by atoms with E-state index in [1.54, 1.807) is 18.2 Å². The molecule has 110 valence electrons. The van der Waals surface area contributed by atoms with E-state index in [0.29, 0.717) is 22.9 Å². The lowest BCUT2D eigenvalue weighted by Gasteiger charge is -2.30. The molecular weight excluding hydrogens is 274 g/mol. The van der Waals surface area contributed by atoms with Crippen LogP contribution >= 0.6 is 11.6 Å². The first kappa shape index (κ1) is 15.1. The highest BCUT2D eigenvalue weighted by atomic mass is 35.5. The van der Waals surface area contributed by atoms with Crippen molar-refractivity contribution in [1.82, 2.24) is 4.90 Å². The van der Waals surface area contributed by atoms with Gasteiger partial charge < -0.3 is 11.1 Å². The molecule has 0 spiro atoms. The van der Waals surface area contributed by atoms with Crippen molar-refractivity contribution < 1.29 is 4.79 Å². The number of nitrogen functional groups attached to an aromatic ring is 1. The summed E-state index contributed by atoms with van der Waals surface area (Å²) < 4.78 is 0. The van der Waals surface area contributed by atoms with Gasteiger partial charge in [-0.05, 0) is 50.0 Å². The maximum Gasteiger partial charge on any atom is 0.238 e. The molecule has 0 saturated carbocycles. The van der Waals surface area contributed by atoms with E-state index >= 15 is 0 Å². The number of benzene rings is 1. The Balaban J connectivity index is 1.85. The molecule has 0 bridgehead atoms. The molecule has 1 amide bonds. The van der Waals surface area contributed by atoms with E-state index in [1.807, 2.05) is 0 Å². The standard InChI is InChI=1S/C15H22ClN3O/c1-2-11-5-7-19(8-6-11)10-15(20)18-14-9-12(17)3-4-13(14)16/h3-4,9,11H,2,5-8,10,17H2,1H3,(H,18,20). The van der Waals surface area contributed by atoms with Gasteiger partial charge in [-0.2, -0.15) is 0 Å². The van der Waals surface area contributed by atoms with Crippen molar-refractivity contribution in [2.24, 2.45) is 5.92 Å². The third-order valence-corrected chi connectivity index (χ3v) is 4.25. The van der Waals surface area contributed by atoms with E-state index in [2.05, 4.69) is 17.1 Å². The molecule has 0 atom stereocenters. The number of amides is 1. The van der Waals surface area contributed by atoms with Crippen LogP contribution in [-0.2, 0) is 4.79 Å². The Morgan fingerprint density at radius 3 is 2.80 bits per heavy atom. The predicted octanol–water partition coefficient (Wildman–Crippen LogP) is 2.98. The first-order valence-electron chi connectivity index (χ1n) is 7.15. The summed E-state index contributed by atoms with van der Waals surface area (Å²) >= 11 is 6.04. The molecule has 1 heterocycles. The van der Waals surface area contributed by atoms with Crippen molar-refractivity contribution in [2.75, 3.05) is 30.7 Å². The summed E-state index contributed by atoms with van der Waals surface area (Å²) in [6.07, 6.45) is 3.60. The maximum atomic E-state index is 12.0. The zero-order chi connectivity index (χ0) is 14.5. The van der Waals surface area contributed by atoms with Gasteiger partial charge in [-0.15, -0.1) is 0 Å². The quantitative estimate of drug-likeness (QED) is 0.840. The van der Waals surface area contributed by atoms with Crippen LogP contribution in [0.15, 0.2) is 18.2 Å². The second-order valence-corrected chi connectivity index (χ2v) is 5.82. The van der Waals surface area contributed by atoms with E-state index in [-0.39, 0.29) is 5.91 Å². The number of nitrogens with two attached hydrogens (primary N) is 1. The van der Waals surface area contributed by atoms with Gasteiger partial charge in [-0.25, -0.2) is 0 Å². The largest absolute Gasteiger partial charge is 0.399 e. The number of carbonyl (C=O) groups is 1. The van der Waals surface area contributed by atoms with Crippen molar-refractivity contribution in [3.8, 4) is 0 Å². The van der Waals surface area contributed by atoms with Crippen molar-refractivity contribution in [3.05, 3.63) is 23.2 Å². The zero-order valence-corrected chi connectivity index (χ0v) is 12.6.